The van der Waals surface area contributed by atoms with Crippen molar-refractivity contribution in [3.8, 4) is 0 Å². The van der Waals surface area contributed by atoms with Crippen LogP contribution in [0.2, 0.25) is 0 Å². The molecular weight excluding hydrogens is 340 g/mol. The molecule has 1 aromatic heterocycles. The lowest BCUT2D eigenvalue weighted by Gasteiger charge is -2.44. The van der Waals surface area contributed by atoms with Gasteiger partial charge in [0, 0.05) is 31.7 Å². The summed E-state index contributed by atoms with van der Waals surface area (Å²) in [5.41, 5.74) is 2.75. The number of carbonyl (C=O) groups excluding carboxylic acids is 1. The highest BCUT2D eigenvalue weighted by molar-refractivity contribution is 6.04. The lowest BCUT2D eigenvalue weighted by molar-refractivity contribution is 0.0496. The number of rotatable bonds is 4. The summed E-state index contributed by atoms with van der Waals surface area (Å²) in [6.45, 7) is 5.98. The third-order valence-electron chi connectivity index (χ3n) is 6.81. The van der Waals surface area contributed by atoms with Crippen LogP contribution in [0.3, 0.4) is 0 Å². The fourth-order valence-corrected chi connectivity index (χ4v) is 5.12. The predicted molar refractivity (Wildman–Crippen MR) is 104 cm³/mol. The Morgan fingerprint density at radius 1 is 1.22 bits per heavy atom. The van der Waals surface area contributed by atoms with Gasteiger partial charge in [-0.3, -0.25) is 9.89 Å². The molecule has 27 heavy (non-hydrogen) atoms. The minimum Gasteiger partial charge on any atom is -0.381 e. The number of nitrogens with one attached hydrogen (secondary N) is 2. The van der Waals surface area contributed by atoms with Crippen LogP contribution in [0.1, 0.15) is 47.7 Å². The summed E-state index contributed by atoms with van der Waals surface area (Å²) in [6, 6.07) is 6.36. The number of piperidine rings is 3. The molecule has 5 heterocycles. The van der Waals surface area contributed by atoms with Gasteiger partial charge < -0.3 is 15.0 Å². The monoisotopic (exact) mass is 368 g/mol. The van der Waals surface area contributed by atoms with E-state index in [9.17, 15) is 4.79 Å². The minimum atomic E-state index is -0.0539. The van der Waals surface area contributed by atoms with Gasteiger partial charge in [-0.15, -0.1) is 0 Å². The second-order valence-corrected chi connectivity index (χ2v) is 8.37. The Balaban J connectivity index is 1.30. The first-order chi connectivity index (χ1) is 13.3. The molecule has 1 aromatic carbocycles. The van der Waals surface area contributed by atoms with Crippen LogP contribution in [0.4, 0.5) is 0 Å². The van der Waals surface area contributed by atoms with Gasteiger partial charge in [0.05, 0.1) is 5.52 Å². The van der Waals surface area contributed by atoms with Crippen molar-refractivity contribution < 1.29 is 9.53 Å². The number of aromatic nitrogens is 2. The molecule has 144 valence electrons. The number of nitrogens with zero attached hydrogens (tertiary/aromatic N) is 2. The molecule has 1 atom stereocenters. The average molecular weight is 368 g/mol. The van der Waals surface area contributed by atoms with Gasteiger partial charge in [0.25, 0.3) is 5.91 Å². The summed E-state index contributed by atoms with van der Waals surface area (Å²) in [6.07, 6.45) is 4.65. The highest BCUT2D eigenvalue weighted by Gasteiger charge is 2.34. The molecule has 1 amide bonds. The number of amides is 1. The number of hydrogen-bond acceptors (Lipinski definition) is 4. The normalized spacial score (nSPS) is 28.5. The molecule has 6 nitrogen and oxygen atoms in total. The van der Waals surface area contributed by atoms with E-state index in [1.54, 1.807) is 0 Å². The van der Waals surface area contributed by atoms with Crippen LogP contribution in [0.5, 0.6) is 0 Å². The first-order valence-corrected chi connectivity index (χ1v) is 10.3. The third kappa shape index (κ3) is 3.36. The van der Waals surface area contributed by atoms with E-state index >= 15 is 0 Å². The molecule has 0 radical (unpaired) electrons. The largest absolute Gasteiger partial charge is 0.381 e. The summed E-state index contributed by atoms with van der Waals surface area (Å²) in [4.78, 5) is 15.4. The van der Waals surface area contributed by atoms with Gasteiger partial charge in [0.15, 0.2) is 5.69 Å². The number of fused-ring (bicyclic) bond motifs is 4. The van der Waals surface area contributed by atoms with Crippen molar-refractivity contribution in [3.05, 3.63) is 29.5 Å². The molecule has 2 N–H and O–H groups in total. The fourth-order valence-electron chi connectivity index (χ4n) is 5.12. The topological polar surface area (TPSA) is 70.2 Å². The number of hydrogen-bond donors (Lipinski definition) is 2. The van der Waals surface area contributed by atoms with Gasteiger partial charge in [0.1, 0.15) is 0 Å². The number of benzene rings is 1. The van der Waals surface area contributed by atoms with Crippen LogP contribution in [-0.4, -0.2) is 60.4 Å². The Morgan fingerprint density at radius 2 is 2.04 bits per heavy atom. The third-order valence-corrected chi connectivity index (χ3v) is 6.81. The van der Waals surface area contributed by atoms with Crippen LogP contribution in [0.15, 0.2) is 18.2 Å². The zero-order valence-electron chi connectivity index (χ0n) is 15.7. The van der Waals surface area contributed by atoms with Gasteiger partial charge in [-0.05, 0) is 74.2 Å². The molecule has 4 fully saturated rings. The van der Waals surface area contributed by atoms with E-state index in [-0.39, 0.29) is 5.91 Å². The van der Waals surface area contributed by atoms with E-state index in [0.717, 1.165) is 56.0 Å². The second-order valence-electron chi connectivity index (χ2n) is 8.37. The summed E-state index contributed by atoms with van der Waals surface area (Å²) >= 11 is 0. The maximum absolute atomic E-state index is 12.8. The SMILES string of the molecule is O=C(NCC1CN2CCC1CC2)c1n[nH]c2ccc(C3CCOCC3)cc12. The molecular formula is C21H28N4O2. The Hall–Kier alpha value is -1.92. The highest BCUT2D eigenvalue weighted by Crippen LogP contribution is 2.32. The first kappa shape index (κ1) is 17.2. The molecule has 6 rings (SSSR count). The zero-order valence-corrected chi connectivity index (χ0v) is 15.7. The number of H-pyrrole nitrogens is 1. The van der Waals surface area contributed by atoms with Gasteiger partial charge >= 0.3 is 0 Å². The molecule has 4 aliphatic heterocycles. The van der Waals surface area contributed by atoms with Gasteiger partial charge in [-0.2, -0.15) is 5.10 Å². The maximum atomic E-state index is 12.8. The van der Waals surface area contributed by atoms with E-state index in [2.05, 4.69) is 38.6 Å². The zero-order chi connectivity index (χ0) is 18.2. The van der Waals surface area contributed by atoms with Crippen molar-refractivity contribution in [2.75, 3.05) is 39.4 Å². The second kappa shape index (κ2) is 7.24. The highest BCUT2D eigenvalue weighted by atomic mass is 16.5. The minimum absolute atomic E-state index is 0.0539. The standard InChI is InChI=1S/C21H28N4O2/c26-21(22-12-17-13-25-7-3-14(17)4-8-25)20-18-11-16(1-2-19(18)23-24-20)15-5-9-27-10-6-15/h1-2,11,14-15,17H,3-10,12-13H2,(H,22,26)(H,23,24). The van der Waals surface area contributed by atoms with Gasteiger partial charge in [0.2, 0.25) is 0 Å². The summed E-state index contributed by atoms with van der Waals surface area (Å²) in [5.74, 6) is 1.81. The Kier molecular flexibility index (Phi) is 4.61. The van der Waals surface area contributed by atoms with Crippen molar-refractivity contribution in [2.24, 2.45) is 11.8 Å². The van der Waals surface area contributed by atoms with E-state index in [4.69, 9.17) is 4.74 Å². The molecule has 2 aromatic rings. The van der Waals surface area contributed by atoms with Crippen LogP contribution < -0.4 is 5.32 Å². The lowest BCUT2D eigenvalue weighted by Crippen LogP contribution is -2.50. The van der Waals surface area contributed by atoms with Gasteiger partial charge in [-0.25, -0.2) is 0 Å². The summed E-state index contributed by atoms with van der Waals surface area (Å²) in [5, 5.41) is 11.4. The van der Waals surface area contributed by atoms with Crippen molar-refractivity contribution in [2.45, 2.75) is 31.6 Å². The number of aromatic amines is 1. The Labute approximate surface area is 159 Å². The average Bonchev–Trinajstić information content (AvgIpc) is 3.17. The molecule has 1 unspecified atom stereocenters. The number of ether oxygens (including phenoxy) is 1. The first-order valence-electron chi connectivity index (χ1n) is 10.3. The molecule has 4 saturated heterocycles. The van der Waals surface area contributed by atoms with E-state index in [1.165, 1.54) is 31.5 Å². The Morgan fingerprint density at radius 3 is 2.78 bits per heavy atom. The smallest absolute Gasteiger partial charge is 0.272 e. The molecule has 0 aliphatic carbocycles. The molecule has 4 aliphatic rings. The van der Waals surface area contributed by atoms with Crippen molar-refractivity contribution in [1.29, 1.82) is 0 Å². The van der Waals surface area contributed by atoms with Crippen molar-refractivity contribution in [3.63, 3.8) is 0 Å². The maximum Gasteiger partial charge on any atom is 0.272 e. The van der Waals surface area contributed by atoms with E-state index in [1.807, 2.05) is 0 Å². The van der Waals surface area contributed by atoms with E-state index in [0.29, 0.717) is 17.5 Å². The van der Waals surface area contributed by atoms with E-state index < -0.39 is 0 Å². The summed E-state index contributed by atoms with van der Waals surface area (Å²) < 4.78 is 5.48. The molecule has 0 spiro atoms. The molecule has 0 saturated carbocycles. The van der Waals surface area contributed by atoms with Gasteiger partial charge in [-0.1, -0.05) is 6.07 Å². The Bertz CT molecular complexity index is 819. The van der Waals surface area contributed by atoms with Crippen LogP contribution in [0, 0.1) is 11.8 Å². The quantitative estimate of drug-likeness (QED) is 0.870. The molecule has 2 bridgehead atoms. The molecule has 6 heteroatoms. The van der Waals surface area contributed by atoms with Crippen LogP contribution in [-0.2, 0) is 4.74 Å². The van der Waals surface area contributed by atoms with Crippen LogP contribution >= 0.6 is 0 Å². The van der Waals surface area contributed by atoms with Crippen molar-refractivity contribution >= 4 is 16.8 Å². The number of carbonyl (C=O) groups is 1. The predicted octanol–water partition coefficient (Wildman–Crippen LogP) is 2.53. The summed E-state index contributed by atoms with van der Waals surface area (Å²) in [7, 11) is 0. The van der Waals surface area contributed by atoms with Crippen LogP contribution in [0.25, 0.3) is 10.9 Å². The van der Waals surface area contributed by atoms with Crippen molar-refractivity contribution in [1.82, 2.24) is 20.4 Å². The lowest BCUT2D eigenvalue weighted by atomic mass is 9.79. The fraction of sp³-hybridized carbons (Fsp3) is 0.619.